The highest BCUT2D eigenvalue weighted by molar-refractivity contribution is 5.25. The zero-order chi connectivity index (χ0) is 8.97. The lowest BCUT2D eigenvalue weighted by Gasteiger charge is -2.20. The predicted octanol–water partition coefficient (Wildman–Crippen LogP) is 0.185. The van der Waals surface area contributed by atoms with Gasteiger partial charge in [-0.25, -0.2) is 0 Å². The monoisotopic (exact) mass is 167 g/mol. The van der Waals surface area contributed by atoms with Crippen LogP contribution in [0.15, 0.2) is 23.5 Å². The average Bonchev–Trinajstić information content (AvgIpc) is 2.16. The van der Waals surface area contributed by atoms with Crippen LogP contribution in [-0.4, -0.2) is 27.2 Å². The van der Waals surface area contributed by atoms with Crippen LogP contribution in [0.3, 0.4) is 0 Å². The molecule has 0 saturated heterocycles. The zero-order valence-corrected chi connectivity index (χ0v) is 7.94. The standard InChI is InChI=1S/C9H17N3/c1-10-7-4-8(11-2)6-9(5-7)12-3/h4-5,7,10-12H,6H2,1-3H3. The quantitative estimate of drug-likeness (QED) is 0.561. The molecule has 68 valence electrons. The molecule has 3 heteroatoms. The van der Waals surface area contributed by atoms with Gasteiger partial charge in [-0.3, -0.25) is 0 Å². The van der Waals surface area contributed by atoms with Gasteiger partial charge < -0.3 is 16.0 Å². The highest BCUT2D eigenvalue weighted by Gasteiger charge is 2.10. The lowest BCUT2D eigenvalue weighted by molar-refractivity contribution is 0.715. The SMILES string of the molecule is CNC1=CC(NC)C=C(NC)C1. The van der Waals surface area contributed by atoms with Crippen molar-refractivity contribution in [2.75, 3.05) is 21.1 Å². The molecule has 1 rings (SSSR count). The van der Waals surface area contributed by atoms with Gasteiger partial charge in [-0.15, -0.1) is 0 Å². The van der Waals surface area contributed by atoms with Gasteiger partial charge in [0.1, 0.15) is 0 Å². The Labute approximate surface area is 73.9 Å². The van der Waals surface area contributed by atoms with E-state index in [9.17, 15) is 0 Å². The van der Waals surface area contributed by atoms with Gasteiger partial charge in [-0.05, 0) is 19.2 Å². The molecule has 12 heavy (non-hydrogen) atoms. The van der Waals surface area contributed by atoms with Crippen molar-refractivity contribution in [3.63, 3.8) is 0 Å². The summed E-state index contributed by atoms with van der Waals surface area (Å²) in [6, 6.07) is 0.351. The van der Waals surface area contributed by atoms with Crippen molar-refractivity contribution in [2.45, 2.75) is 12.5 Å². The van der Waals surface area contributed by atoms with Crippen LogP contribution >= 0.6 is 0 Å². The smallest absolute Gasteiger partial charge is 0.0472 e. The van der Waals surface area contributed by atoms with Gasteiger partial charge in [0.15, 0.2) is 0 Å². The molecule has 0 amide bonds. The van der Waals surface area contributed by atoms with E-state index in [1.807, 2.05) is 21.1 Å². The van der Waals surface area contributed by atoms with Gasteiger partial charge in [0, 0.05) is 38.0 Å². The third-order valence-corrected chi connectivity index (χ3v) is 2.12. The highest BCUT2D eigenvalue weighted by Crippen LogP contribution is 2.13. The lowest BCUT2D eigenvalue weighted by Crippen LogP contribution is -2.28. The van der Waals surface area contributed by atoms with Gasteiger partial charge in [0.2, 0.25) is 0 Å². The van der Waals surface area contributed by atoms with Crippen molar-refractivity contribution in [2.24, 2.45) is 0 Å². The van der Waals surface area contributed by atoms with E-state index in [1.165, 1.54) is 11.4 Å². The first kappa shape index (κ1) is 9.13. The number of nitrogens with one attached hydrogen (secondary N) is 3. The zero-order valence-electron chi connectivity index (χ0n) is 7.94. The first-order valence-corrected chi connectivity index (χ1v) is 4.24. The van der Waals surface area contributed by atoms with E-state index in [2.05, 4.69) is 28.1 Å². The largest absolute Gasteiger partial charge is 0.391 e. The van der Waals surface area contributed by atoms with Crippen LogP contribution in [0, 0.1) is 0 Å². The molecule has 0 unspecified atom stereocenters. The Morgan fingerprint density at radius 2 is 1.58 bits per heavy atom. The van der Waals surface area contributed by atoms with Crippen molar-refractivity contribution >= 4 is 0 Å². The van der Waals surface area contributed by atoms with Crippen LogP contribution in [0.5, 0.6) is 0 Å². The molecule has 0 heterocycles. The molecule has 0 aromatic rings. The van der Waals surface area contributed by atoms with E-state index in [0.717, 1.165) is 6.42 Å². The van der Waals surface area contributed by atoms with Crippen LogP contribution in [0.4, 0.5) is 0 Å². The van der Waals surface area contributed by atoms with Crippen LogP contribution in [0.1, 0.15) is 6.42 Å². The molecule has 0 spiro atoms. The van der Waals surface area contributed by atoms with Crippen molar-refractivity contribution in [1.29, 1.82) is 0 Å². The number of likely N-dealkylation sites (N-methyl/N-ethyl adjacent to an activating group) is 1. The Kier molecular flexibility index (Phi) is 3.17. The Balaban J connectivity index is 2.67. The van der Waals surface area contributed by atoms with Crippen LogP contribution in [0.2, 0.25) is 0 Å². The van der Waals surface area contributed by atoms with Gasteiger partial charge in [0.05, 0.1) is 0 Å². The van der Waals surface area contributed by atoms with Crippen molar-refractivity contribution in [1.82, 2.24) is 16.0 Å². The number of rotatable bonds is 3. The van der Waals surface area contributed by atoms with Crippen molar-refractivity contribution < 1.29 is 0 Å². The normalized spacial score (nSPS) is 18.2. The third kappa shape index (κ3) is 2.01. The maximum absolute atomic E-state index is 3.20. The fourth-order valence-corrected chi connectivity index (χ4v) is 1.31. The second-order valence-electron chi connectivity index (χ2n) is 2.88. The molecule has 3 nitrogen and oxygen atoms in total. The molecule has 0 radical (unpaired) electrons. The lowest BCUT2D eigenvalue weighted by atomic mass is 10.1. The van der Waals surface area contributed by atoms with Crippen LogP contribution in [0.25, 0.3) is 0 Å². The second-order valence-corrected chi connectivity index (χ2v) is 2.88. The fourth-order valence-electron chi connectivity index (χ4n) is 1.31. The molecule has 0 fully saturated rings. The summed E-state index contributed by atoms with van der Waals surface area (Å²) in [5.41, 5.74) is 2.53. The topological polar surface area (TPSA) is 36.1 Å². The summed E-state index contributed by atoms with van der Waals surface area (Å²) in [4.78, 5) is 0. The molecule has 1 aliphatic rings. The molecule has 0 aliphatic heterocycles. The van der Waals surface area contributed by atoms with Gasteiger partial charge in [-0.2, -0.15) is 0 Å². The van der Waals surface area contributed by atoms with E-state index in [4.69, 9.17) is 0 Å². The molecule has 0 aromatic carbocycles. The molecule has 0 saturated carbocycles. The maximum atomic E-state index is 3.20. The van der Waals surface area contributed by atoms with E-state index in [0.29, 0.717) is 6.04 Å². The Morgan fingerprint density at radius 1 is 1.08 bits per heavy atom. The fraction of sp³-hybridized carbons (Fsp3) is 0.556. The summed E-state index contributed by atoms with van der Waals surface area (Å²) in [7, 11) is 5.87. The molecule has 3 N–H and O–H groups in total. The first-order valence-electron chi connectivity index (χ1n) is 4.24. The summed E-state index contributed by atoms with van der Waals surface area (Å²) in [5, 5.41) is 9.55. The Bertz CT molecular complexity index is 186. The van der Waals surface area contributed by atoms with Crippen LogP contribution < -0.4 is 16.0 Å². The summed E-state index contributed by atoms with van der Waals surface area (Å²) in [6.45, 7) is 0. The summed E-state index contributed by atoms with van der Waals surface area (Å²) < 4.78 is 0. The maximum Gasteiger partial charge on any atom is 0.0472 e. The first-order chi connectivity index (χ1) is 5.80. The minimum Gasteiger partial charge on any atom is -0.391 e. The van der Waals surface area contributed by atoms with E-state index in [1.54, 1.807) is 0 Å². The minimum atomic E-state index is 0.351. The van der Waals surface area contributed by atoms with Crippen molar-refractivity contribution in [3.8, 4) is 0 Å². The highest BCUT2D eigenvalue weighted by atomic mass is 14.9. The van der Waals surface area contributed by atoms with Gasteiger partial charge >= 0.3 is 0 Å². The van der Waals surface area contributed by atoms with Gasteiger partial charge in [-0.1, -0.05) is 0 Å². The molecule has 1 aliphatic carbocycles. The third-order valence-electron chi connectivity index (χ3n) is 2.12. The van der Waals surface area contributed by atoms with E-state index >= 15 is 0 Å². The molecule has 0 bridgehead atoms. The summed E-state index contributed by atoms with van der Waals surface area (Å²) in [5.74, 6) is 0. The van der Waals surface area contributed by atoms with Crippen LogP contribution in [-0.2, 0) is 0 Å². The Morgan fingerprint density at radius 3 is 1.92 bits per heavy atom. The average molecular weight is 167 g/mol. The van der Waals surface area contributed by atoms with E-state index < -0.39 is 0 Å². The number of hydrogen-bond acceptors (Lipinski definition) is 3. The molecule has 0 atom stereocenters. The molecule has 0 aromatic heterocycles. The number of hydrogen-bond donors (Lipinski definition) is 3. The van der Waals surface area contributed by atoms with Gasteiger partial charge in [0.25, 0.3) is 0 Å². The minimum absolute atomic E-state index is 0.351. The van der Waals surface area contributed by atoms with E-state index in [-0.39, 0.29) is 0 Å². The Hall–Kier alpha value is -0.960. The van der Waals surface area contributed by atoms with Crippen molar-refractivity contribution in [3.05, 3.63) is 23.5 Å². The second kappa shape index (κ2) is 4.16. The predicted molar refractivity (Wildman–Crippen MR) is 51.8 cm³/mol. The molecular formula is C9H17N3. The molecular weight excluding hydrogens is 150 g/mol. The summed E-state index contributed by atoms with van der Waals surface area (Å²) >= 11 is 0. The summed E-state index contributed by atoms with van der Waals surface area (Å²) in [6.07, 6.45) is 5.37.